The van der Waals surface area contributed by atoms with Gasteiger partial charge >= 0.3 is 0 Å². The molecule has 2 aliphatic heterocycles. The quantitative estimate of drug-likeness (QED) is 0.618. The Morgan fingerprint density at radius 1 is 1.15 bits per heavy atom. The lowest BCUT2D eigenvalue weighted by molar-refractivity contribution is 0.146. The van der Waals surface area contributed by atoms with Gasteiger partial charge in [-0.15, -0.1) is 0 Å². The van der Waals surface area contributed by atoms with Crippen molar-refractivity contribution in [1.29, 1.82) is 0 Å². The summed E-state index contributed by atoms with van der Waals surface area (Å²) >= 11 is 0. The second-order valence-corrected chi connectivity index (χ2v) is 4.15. The largest absolute Gasteiger partial charge is 0.310 e. The molecular weight excluding hydrogens is 160 g/mol. The third-order valence-electron chi connectivity index (χ3n) is 3.12. The van der Waals surface area contributed by atoms with Gasteiger partial charge in [0.2, 0.25) is 0 Å². The topological polar surface area (TPSA) is 15.3 Å². The summed E-state index contributed by atoms with van der Waals surface area (Å²) in [4.78, 5) is 2.47. The summed E-state index contributed by atoms with van der Waals surface area (Å²) in [5, 5.41) is 3.59. The van der Waals surface area contributed by atoms with E-state index in [0.717, 1.165) is 0 Å². The van der Waals surface area contributed by atoms with E-state index in [-0.39, 0.29) is 0 Å². The van der Waals surface area contributed by atoms with Gasteiger partial charge in [0, 0.05) is 12.1 Å². The second kappa shape index (κ2) is 4.97. The molecule has 2 rings (SSSR count). The van der Waals surface area contributed by atoms with Crippen molar-refractivity contribution in [3.05, 3.63) is 0 Å². The summed E-state index contributed by atoms with van der Waals surface area (Å²) in [5.41, 5.74) is 0.533. The van der Waals surface area contributed by atoms with Crippen molar-refractivity contribution in [3.8, 4) is 0 Å². The van der Waals surface area contributed by atoms with Crippen LogP contribution < -0.4 is 5.32 Å². The molecule has 0 bridgehead atoms. The van der Waals surface area contributed by atoms with E-state index in [9.17, 15) is 0 Å². The molecule has 0 aromatic rings. The zero-order valence-electron chi connectivity index (χ0n) is 9.40. The SMILES string of the molecule is CC.CN1CCCCC2(CCN2)C1. The standard InChI is InChI=1S/C9H18N2.C2H6/c1-11-7-3-2-4-9(8-11)5-6-10-9;1-2/h10H,2-8H2,1H3;1-2H3. The van der Waals surface area contributed by atoms with Gasteiger partial charge in [-0.3, -0.25) is 0 Å². The van der Waals surface area contributed by atoms with Gasteiger partial charge < -0.3 is 10.2 Å². The highest BCUT2D eigenvalue weighted by Gasteiger charge is 2.37. The van der Waals surface area contributed by atoms with Crippen LogP contribution in [0.5, 0.6) is 0 Å². The van der Waals surface area contributed by atoms with E-state index in [4.69, 9.17) is 0 Å². The van der Waals surface area contributed by atoms with E-state index in [1.54, 1.807) is 0 Å². The lowest BCUT2D eigenvalue weighted by Crippen LogP contribution is -2.61. The Kier molecular flexibility index (Phi) is 4.20. The van der Waals surface area contributed by atoms with Crippen LogP contribution in [0.3, 0.4) is 0 Å². The number of likely N-dealkylation sites (N-methyl/N-ethyl adjacent to an activating group) is 1. The van der Waals surface area contributed by atoms with E-state index in [2.05, 4.69) is 17.3 Å². The van der Waals surface area contributed by atoms with Crippen LogP contribution in [0.15, 0.2) is 0 Å². The number of rotatable bonds is 0. The first-order valence-electron chi connectivity index (χ1n) is 5.74. The number of hydrogen-bond acceptors (Lipinski definition) is 2. The molecule has 0 aromatic heterocycles. The molecule has 0 amide bonds. The highest BCUT2D eigenvalue weighted by molar-refractivity contribution is 4.99. The summed E-state index contributed by atoms with van der Waals surface area (Å²) in [7, 11) is 2.24. The fourth-order valence-corrected chi connectivity index (χ4v) is 2.35. The molecule has 0 aliphatic carbocycles. The number of nitrogens with one attached hydrogen (secondary N) is 1. The van der Waals surface area contributed by atoms with E-state index < -0.39 is 0 Å². The zero-order chi connectivity index (χ0) is 9.73. The molecule has 78 valence electrons. The van der Waals surface area contributed by atoms with Gasteiger partial charge in [0.25, 0.3) is 0 Å². The van der Waals surface area contributed by atoms with E-state index in [1.165, 1.54) is 45.3 Å². The average Bonchev–Trinajstić information content (AvgIpc) is 2.29. The monoisotopic (exact) mass is 184 g/mol. The van der Waals surface area contributed by atoms with Crippen LogP contribution >= 0.6 is 0 Å². The van der Waals surface area contributed by atoms with E-state index in [0.29, 0.717) is 5.54 Å². The van der Waals surface area contributed by atoms with Crippen LogP contribution in [0.2, 0.25) is 0 Å². The predicted molar refractivity (Wildman–Crippen MR) is 58.0 cm³/mol. The van der Waals surface area contributed by atoms with Crippen LogP contribution in [0.1, 0.15) is 39.5 Å². The molecule has 0 radical (unpaired) electrons. The van der Waals surface area contributed by atoms with Crippen molar-refractivity contribution < 1.29 is 0 Å². The highest BCUT2D eigenvalue weighted by Crippen LogP contribution is 2.28. The summed E-state index contributed by atoms with van der Waals surface area (Å²) in [6, 6.07) is 0. The Balaban J connectivity index is 0.000000396. The normalized spacial score (nSPS) is 34.4. The summed E-state index contributed by atoms with van der Waals surface area (Å²) < 4.78 is 0. The van der Waals surface area contributed by atoms with Crippen LogP contribution in [0.25, 0.3) is 0 Å². The van der Waals surface area contributed by atoms with Gasteiger partial charge in [-0.05, 0) is 39.4 Å². The van der Waals surface area contributed by atoms with Crippen molar-refractivity contribution >= 4 is 0 Å². The van der Waals surface area contributed by atoms with Gasteiger partial charge in [0.1, 0.15) is 0 Å². The molecular formula is C11H24N2. The Hall–Kier alpha value is -0.0800. The molecule has 0 saturated carbocycles. The van der Waals surface area contributed by atoms with Crippen molar-refractivity contribution in [2.75, 3.05) is 26.7 Å². The molecule has 2 nitrogen and oxygen atoms in total. The number of likely N-dealkylation sites (tertiary alicyclic amines) is 1. The van der Waals surface area contributed by atoms with Crippen LogP contribution in [-0.4, -0.2) is 37.1 Å². The van der Waals surface area contributed by atoms with Crippen molar-refractivity contribution in [1.82, 2.24) is 10.2 Å². The van der Waals surface area contributed by atoms with Gasteiger partial charge in [0.05, 0.1) is 0 Å². The minimum Gasteiger partial charge on any atom is -0.310 e. The molecule has 2 heterocycles. The first kappa shape index (κ1) is 11.0. The minimum atomic E-state index is 0.533. The first-order valence-corrected chi connectivity index (χ1v) is 5.74. The number of hydrogen-bond donors (Lipinski definition) is 1. The lowest BCUT2D eigenvalue weighted by Gasteiger charge is -2.44. The van der Waals surface area contributed by atoms with Crippen molar-refractivity contribution in [3.63, 3.8) is 0 Å². The fourth-order valence-electron chi connectivity index (χ4n) is 2.35. The first-order chi connectivity index (χ1) is 6.31. The van der Waals surface area contributed by atoms with Gasteiger partial charge in [-0.25, -0.2) is 0 Å². The van der Waals surface area contributed by atoms with E-state index in [1.807, 2.05) is 13.8 Å². The van der Waals surface area contributed by atoms with E-state index >= 15 is 0 Å². The molecule has 1 spiro atoms. The molecule has 1 N–H and O–H groups in total. The Morgan fingerprint density at radius 3 is 2.38 bits per heavy atom. The Morgan fingerprint density at radius 2 is 1.85 bits per heavy atom. The van der Waals surface area contributed by atoms with Crippen molar-refractivity contribution in [2.24, 2.45) is 0 Å². The molecule has 13 heavy (non-hydrogen) atoms. The average molecular weight is 184 g/mol. The predicted octanol–water partition coefficient (Wildman–Crippen LogP) is 1.86. The zero-order valence-corrected chi connectivity index (χ0v) is 9.40. The third-order valence-corrected chi connectivity index (χ3v) is 3.12. The van der Waals surface area contributed by atoms with Gasteiger partial charge in [0.15, 0.2) is 0 Å². The van der Waals surface area contributed by atoms with Gasteiger partial charge in [-0.2, -0.15) is 0 Å². The molecule has 2 saturated heterocycles. The second-order valence-electron chi connectivity index (χ2n) is 4.15. The molecule has 1 atom stereocenters. The summed E-state index contributed by atoms with van der Waals surface area (Å²) in [5.74, 6) is 0. The van der Waals surface area contributed by atoms with Crippen LogP contribution in [0, 0.1) is 0 Å². The van der Waals surface area contributed by atoms with Gasteiger partial charge in [-0.1, -0.05) is 20.3 Å². The molecule has 2 heteroatoms. The maximum absolute atomic E-state index is 3.59. The van der Waals surface area contributed by atoms with Crippen molar-refractivity contribution in [2.45, 2.75) is 45.1 Å². The molecule has 1 unspecified atom stereocenters. The number of nitrogens with zero attached hydrogens (tertiary/aromatic N) is 1. The fraction of sp³-hybridized carbons (Fsp3) is 1.00. The lowest BCUT2D eigenvalue weighted by atomic mass is 9.83. The molecule has 2 fully saturated rings. The maximum Gasteiger partial charge on any atom is 0.0320 e. The third kappa shape index (κ3) is 2.68. The minimum absolute atomic E-state index is 0.533. The maximum atomic E-state index is 3.59. The van der Waals surface area contributed by atoms with Crippen LogP contribution in [-0.2, 0) is 0 Å². The summed E-state index contributed by atoms with van der Waals surface area (Å²) in [6.07, 6.45) is 5.60. The Labute approximate surface area is 82.7 Å². The Bertz CT molecular complexity index is 141. The van der Waals surface area contributed by atoms with Crippen LogP contribution in [0.4, 0.5) is 0 Å². The summed E-state index contributed by atoms with van der Waals surface area (Å²) in [6.45, 7) is 7.81. The smallest absolute Gasteiger partial charge is 0.0320 e. The molecule has 2 aliphatic rings. The highest BCUT2D eigenvalue weighted by atomic mass is 15.2. The molecule has 0 aromatic carbocycles.